The van der Waals surface area contributed by atoms with E-state index < -0.39 is 0 Å². The summed E-state index contributed by atoms with van der Waals surface area (Å²) in [7, 11) is 0. The summed E-state index contributed by atoms with van der Waals surface area (Å²) >= 11 is 4.30. The zero-order chi connectivity index (χ0) is 13.9. The van der Waals surface area contributed by atoms with Gasteiger partial charge in [0.15, 0.2) is 4.34 Å². The van der Waals surface area contributed by atoms with Gasteiger partial charge in [-0.1, -0.05) is 35.2 Å². The first kappa shape index (κ1) is 13.5. The standard InChI is InChI=1S/C12H9FN4S3/c13-9-4-2-1-3-8(9)10-15-7(5-18-10)6-19-12-17-16-11(14)20-12/h1-5H,6H2,(H2,14,16). The lowest BCUT2D eigenvalue weighted by Crippen LogP contribution is -1.84. The Labute approximate surface area is 126 Å². The van der Waals surface area contributed by atoms with Crippen molar-refractivity contribution < 1.29 is 4.39 Å². The molecule has 0 amide bonds. The Bertz CT molecular complexity index is 725. The minimum absolute atomic E-state index is 0.252. The highest BCUT2D eigenvalue weighted by Gasteiger charge is 2.10. The number of hydrogen-bond acceptors (Lipinski definition) is 7. The number of hydrogen-bond donors (Lipinski definition) is 1. The number of nitrogens with two attached hydrogens (primary N) is 1. The Hall–Kier alpha value is -1.51. The van der Waals surface area contributed by atoms with E-state index in [1.54, 1.807) is 18.2 Å². The van der Waals surface area contributed by atoms with E-state index in [4.69, 9.17) is 5.73 Å². The lowest BCUT2D eigenvalue weighted by atomic mass is 10.2. The second-order valence-corrected chi connectivity index (χ2v) is 6.91. The molecule has 0 aliphatic rings. The number of rotatable bonds is 4. The third kappa shape index (κ3) is 2.97. The Balaban J connectivity index is 1.72. The van der Waals surface area contributed by atoms with Gasteiger partial charge in [0.05, 0.1) is 5.69 Å². The lowest BCUT2D eigenvalue weighted by molar-refractivity contribution is 0.631. The van der Waals surface area contributed by atoms with Gasteiger partial charge in [-0.3, -0.25) is 0 Å². The zero-order valence-electron chi connectivity index (χ0n) is 10.1. The molecule has 0 atom stereocenters. The van der Waals surface area contributed by atoms with Crippen LogP contribution in [0.5, 0.6) is 0 Å². The molecule has 0 aliphatic heterocycles. The van der Waals surface area contributed by atoms with E-state index in [0.29, 0.717) is 21.5 Å². The second-order valence-electron chi connectivity index (χ2n) is 3.82. The Morgan fingerprint density at radius 1 is 1.25 bits per heavy atom. The number of aromatic nitrogens is 3. The van der Waals surface area contributed by atoms with Gasteiger partial charge in [0.1, 0.15) is 10.8 Å². The molecule has 2 heterocycles. The van der Waals surface area contributed by atoms with Crippen molar-refractivity contribution in [3.63, 3.8) is 0 Å². The van der Waals surface area contributed by atoms with Crippen LogP contribution < -0.4 is 5.73 Å². The van der Waals surface area contributed by atoms with Crippen LogP contribution in [0.1, 0.15) is 5.69 Å². The molecule has 8 heteroatoms. The minimum Gasteiger partial charge on any atom is -0.374 e. The van der Waals surface area contributed by atoms with Gasteiger partial charge in [0, 0.05) is 16.7 Å². The van der Waals surface area contributed by atoms with Crippen molar-refractivity contribution in [1.82, 2.24) is 15.2 Å². The Morgan fingerprint density at radius 3 is 2.85 bits per heavy atom. The van der Waals surface area contributed by atoms with Crippen molar-refractivity contribution in [1.29, 1.82) is 0 Å². The normalized spacial score (nSPS) is 10.8. The number of halogens is 1. The summed E-state index contributed by atoms with van der Waals surface area (Å²) in [4.78, 5) is 4.45. The quantitative estimate of drug-likeness (QED) is 0.742. The van der Waals surface area contributed by atoms with Gasteiger partial charge in [-0.25, -0.2) is 9.37 Å². The van der Waals surface area contributed by atoms with Crippen LogP contribution in [0.3, 0.4) is 0 Å². The number of thioether (sulfide) groups is 1. The van der Waals surface area contributed by atoms with Gasteiger partial charge in [-0.05, 0) is 12.1 Å². The zero-order valence-corrected chi connectivity index (χ0v) is 12.6. The smallest absolute Gasteiger partial charge is 0.203 e. The van der Waals surface area contributed by atoms with Gasteiger partial charge in [-0.2, -0.15) is 0 Å². The maximum Gasteiger partial charge on any atom is 0.203 e. The number of nitrogen functional groups attached to an aromatic ring is 1. The summed E-state index contributed by atoms with van der Waals surface area (Å²) in [6.45, 7) is 0. The van der Waals surface area contributed by atoms with E-state index in [0.717, 1.165) is 10.0 Å². The molecule has 0 fully saturated rings. The highest BCUT2D eigenvalue weighted by molar-refractivity contribution is 8.00. The van der Waals surface area contributed by atoms with Gasteiger partial charge >= 0.3 is 0 Å². The molecule has 0 unspecified atom stereocenters. The van der Waals surface area contributed by atoms with Crippen molar-refractivity contribution in [3.05, 3.63) is 41.2 Å². The molecule has 0 aliphatic carbocycles. The number of benzene rings is 1. The summed E-state index contributed by atoms with van der Waals surface area (Å²) in [6.07, 6.45) is 0. The Morgan fingerprint density at radius 2 is 2.10 bits per heavy atom. The summed E-state index contributed by atoms with van der Waals surface area (Å²) in [5, 5.41) is 10.8. The molecule has 0 spiro atoms. The molecule has 1 aromatic carbocycles. The van der Waals surface area contributed by atoms with Gasteiger partial charge in [0.2, 0.25) is 5.13 Å². The highest BCUT2D eigenvalue weighted by Crippen LogP contribution is 2.30. The molecular weight excluding hydrogens is 315 g/mol. The largest absolute Gasteiger partial charge is 0.374 e. The summed E-state index contributed by atoms with van der Waals surface area (Å²) < 4.78 is 14.5. The van der Waals surface area contributed by atoms with Crippen molar-refractivity contribution in [2.24, 2.45) is 0 Å². The molecule has 0 bridgehead atoms. The molecule has 4 nitrogen and oxygen atoms in total. The maximum atomic E-state index is 13.7. The minimum atomic E-state index is -0.252. The molecule has 102 valence electrons. The van der Waals surface area contributed by atoms with E-state index in [1.165, 1.54) is 40.5 Å². The number of thiazole rings is 1. The predicted octanol–water partition coefficient (Wildman–Crippen LogP) is 3.68. The monoisotopic (exact) mass is 324 g/mol. The molecule has 3 rings (SSSR count). The molecule has 0 radical (unpaired) electrons. The van der Waals surface area contributed by atoms with Crippen LogP contribution in [0.25, 0.3) is 10.6 Å². The first-order chi connectivity index (χ1) is 9.72. The van der Waals surface area contributed by atoms with Gasteiger partial charge < -0.3 is 5.73 Å². The molecule has 2 N–H and O–H groups in total. The lowest BCUT2D eigenvalue weighted by Gasteiger charge is -1.97. The average Bonchev–Trinajstić information content (AvgIpc) is 3.06. The van der Waals surface area contributed by atoms with Crippen LogP contribution in [-0.4, -0.2) is 15.2 Å². The highest BCUT2D eigenvalue weighted by atomic mass is 32.2. The predicted molar refractivity (Wildman–Crippen MR) is 81.4 cm³/mol. The molecule has 3 aromatic rings. The van der Waals surface area contributed by atoms with Crippen LogP contribution in [0.2, 0.25) is 0 Å². The SMILES string of the molecule is Nc1nnc(SCc2csc(-c3ccccc3F)n2)s1. The van der Waals surface area contributed by atoms with Crippen LogP contribution in [-0.2, 0) is 5.75 Å². The summed E-state index contributed by atoms with van der Waals surface area (Å²) in [6, 6.07) is 6.65. The first-order valence-corrected chi connectivity index (χ1v) is 8.31. The third-order valence-corrected chi connectivity index (χ3v) is 5.27. The first-order valence-electron chi connectivity index (χ1n) is 5.63. The fourth-order valence-electron chi connectivity index (χ4n) is 1.55. The third-order valence-electron chi connectivity index (χ3n) is 2.42. The summed E-state index contributed by atoms with van der Waals surface area (Å²) in [5.74, 6) is 0.414. The van der Waals surface area contributed by atoms with Crippen LogP contribution in [0.4, 0.5) is 9.52 Å². The molecular formula is C12H9FN4S3. The van der Waals surface area contributed by atoms with Crippen LogP contribution in [0, 0.1) is 5.82 Å². The number of anilines is 1. The molecule has 20 heavy (non-hydrogen) atoms. The van der Waals surface area contributed by atoms with Crippen molar-refractivity contribution in [3.8, 4) is 10.6 Å². The van der Waals surface area contributed by atoms with Crippen LogP contribution in [0.15, 0.2) is 34.0 Å². The van der Waals surface area contributed by atoms with E-state index in [2.05, 4.69) is 15.2 Å². The average molecular weight is 324 g/mol. The molecule has 2 aromatic heterocycles. The molecule has 0 saturated carbocycles. The van der Waals surface area contributed by atoms with E-state index in [-0.39, 0.29) is 5.82 Å². The summed E-state index contributed by atoms with van der Waals surface area (Å²) in [5.41, 5.74) is 6.95. The van der Waals surface area contributed by atoms with Crippen LogP contribution >= 0.6 is 34.4 Å². The fourth-order valence-corrected chi connectivity index (χ4v) is 4.03. The topological polar surface area (TPSA) is 64.7 Å². The maximum absolute atomic E-state index is 13.7. The van der Waals surface area contributed by atoms with E-state index in [9.17, 15) is 4.39 Å². The molecule has 0 saturated heterocycles. The van der Waals surface area contributed by atoms with Crippen molar-refractivity contribution >= 4 is 39.6 Å². The van der Waals surface area contributed by atoms with Crippen molar-refractivity contribution in [2.45, 2.75) is 10.1 Å². The number of nitrogens with zero attached hydrogens (tertiary/aromatic N) is 3. The van der Waals surface area contributed by atoms with Gasteiger partial charge in [-0.15, -0.1) is 21.5 Å². The van der Waals surface area contributed by atoms with Gasteiger partial charge in [0.25, 0.3) is 0 Å². The van der Waals surface area contributed by atoms with E-state index in [1.807, 2.05) is 5.38 Å². The second kappa shape index (κ2) is 5.86. The van der Waals surface area contributed by atoms with E-state index >= 15 is 0 Å². The Kier molecular flexibility index (Phi) is 3.95. The van der Waals surface area contributed by atoms with Crippen molar-refractivity contribution in [2.75, 3.05) is 5.73 Å². The fraction of sp³-hybridized carbons (Fsp3) is 0.0833.